The maximum Gasteiger partial charge on any atom is 0.129 e. The molecule has 0 saturated carbocycles. The van der Waals surface area contributed by atoms with Crippen molar-refractivity contribution in [2.45, 2.75) is 32.8 Å². The molecule has 3 aromatic rings. The zero-order chi connectivity index (χ0) is 21.3. The van der Waals surface area contributed by atoms with Gasteiger partial charge in [-0.15, -0.1) is 0 Å². The predicted octanol–water partition coefficient (Wildman–Crippen LogP) is 6.56. The van der Waals surface area contributed by atoms with Gasteiger partial charge in [-0.25, -0.2) is 4.89 Å². The number of hydrogen-bond acceptors (Lipinski definition) is 4. The second kappa shape index (κ2) is 10.7. The zero-order valence-electron chi connectivity index (χ0n) is 17.6. The van der Waals surface area contributed by atoms with Crippen molar-refractivity contribution in [3.8, 4) is 16.9 Å². The highest BCUT2D eigenvalue weighted by atomic mass is 17.1. The highest BCUT2D eigenvalue weighted by molar-refractivity contribution is 5.66. The van der Waals surface area contributed by atoms with Crippen LogP contribution >= 0.6 is 0 Å². The number of hydrogen-bond donors (Lipinski definition) is 1. The third-order valence-corrected chi connectivity index (χ3v) is 5.50. The van der Waals surface area contributed by atoms with Crippen LogP contribution in [0.1, 0.15) is 31.4 Å². The smallest absolute Gasteiger partial charge is 0.129 e. The fourth-order valence-corrected chi connectivity index (χ4v) is 3.25. The Morgan fingerprint density at radius 1 is 0.867 bits per heavy atom. The van der Waals surface area contributed by atoms with E-state index in [1.807, 2.05) is 31.2 Å². The molecule has 2 atom stereocenters. The average molecular weight is 404 g/mol. The molecule has 0 radical (unpaired) electrons. The van der Waals surface area contributed by atoms with Gasteiger partial charge in [0.15, 0.2) is 0 Å². The largest absolute Gasteiger partial charge is 0.491 e. The number of benzene rings is 3. The van der Waals surface area contributed by atoms with Gasteiger partial charge in [-0.05, 0) is 65.6 Å². The molecule has 0 amide bonds. The Kier molecular flexibility index (Phi) is 7.77. The topological polar surface area (TPSA) is 51.0 Å². The molecule has 4 nitrogen and oxygen atoms in total. The summed E-state index contributed by atoms with van der Waals surface area (Å²) in [6.45, 7) is 7.98. The van der Waals surface area contributed by atoms with Crippen LogP contribution in [0.3, 0.4) is 0 Å². The Morgan fingerprint density at radius 3 is 1.90 bits per heavy atom. The Bertz CT molecular complexity index is 918. The van der Waals surface area contributed by atoms with Crippen LogP contribution in [0.2, 0.25) is 0 Å². The molecular weight excluding hydrogens is 374 g/mol. The Morgan fingerprint density at radius 2 is 1.40 bits per heavy atom. The first kappa shape index (κ1) is 21.8. The lowest BCUT2D eigenvalue weighted by Crippen LogP contribution is -2.27. The van der Waals surface area contributed by atoms with Gasteiger partial charge < -0.3 is 4.74 Å². The monoisotopic (exact) mass is 403 g/mol. The molecule has 0 saturated heterocycles. The molecule has 0 aromatic heterocycles. The van der Waals surface area contributed by atoms with Gasteiger partial charge in [0.05, 0.1) is 5.69 Å². The Hall–Kier alpha value is -2.95. The third-order valence-electron chi connectivity index (χ3n) is 5.50. The van der Waals surface area contributed by atoms with Gasteiger partial charge in [0.2, 0.25) is 0 Å². The summed E-state index contributed by atoms with van der Waals surface area (Å²) in [5.41, 5.74) is 5.69. The maximum atomic E-state index is 9.04. The maximum absolute atomic E-state index is 9.04. The van der Waals surface area contributed by atoms with Crippen molar-refractivity contribution in [2.24, 2.45) is 10.9 Å². The first-order valence-electron chi connectivity index (χ1n) is 10.3. The number of nitrogens with zero attached hydrogens (tertiary/aromatic N) is 1. The molecule has 0 bridgehead atoms. The van der Waals surface area contributed by atoms with E-state index >= 15 is 0 Å². The van der Waals surface area contributed by atoms with Crippen LogP contribution in [-0.2, 0) is 11.3 Å². The molecule has 0 heterocycles. The summed E-state index contributed by atoms with van der Waals surface area (Å²) in [4.78, 5) is 8.48. The number of rotatable bonds is 10. The normalized spacial score (nSPS) is 12.9. The predicted molar refractivity (Wildman–Crippen MR) is 123 cm³/mol. The molecule has 1 N–H and O–H groups in total. The lowest BCUT2D eigenvalue weighted by molar-refractivity contribution is -0.293. The van der Waals surface area contributed by atoms with Gasteiger partial charge in [0.25, 0.3) is 0 Å². The lowest BCUT2D eigenvalue weighted by Gasteiger charge is -2.19. The molecular formula is C26H29NO3. The minimum absolute atomic E-state index is 0.230. The molecule has 0 aliphatic carbocycles. The fourth-order valence-electron chi connectivity index (χ4n) is 3.25. The zero-order valence-corrected chi connectivity index (χ0v) is 17.6. The van der Waals surface area contributed by atoms with Crippen molar-refractivity contribution in [1.82, 2.24) is 0 Å². The van der Waals surface area contributed by atoms with Crippen LogP contribution in [0.15, 0.2) is 77.8 Å². The van der Waals surface area contributed by atoms with Crippen LogP contribution < -0.4 is 4.74 Å². The third kappa shape index (κ3) is 5.78. The van der Waals surface area contributed by atoms with Gasteiger partial charge in [0, 0.05) is 0 Å². The number of aliphatic imine (C=N–C) groups is 1. The molecule has 3 aromatic carbocycles. The van der Waals surface area contributed by atoms with Gasteiger partial charge in [-0.1, -0.05) is 68.8 Å². The molecule has 0 aliphatic rings. The standard InChI is InChI=1S/C26H29NO3/c1-4-19(2)26(30-28)18-29-25-15-7-21(8-16-25)17-20-5-9-22(10-6-20)23-11-13-24(27-3)14-12-23/h5-16,19,26,28H,3-4,17-18H2,1-2H3. The van der Waals surface area contributed by atoms with E-state index in [0.29, 0.717) is 6.61 Å². The summed E-state index contributed by atoms with van der Waals surface area (Å²) in [5.74, 6) is 1.01. The highest BCUT2D eigenvalue weighted by Gasteiger charge is 2.17. The quantitative estimate of drug-likeness (QED) is 0.237. The SMILES string of the molecule is C=Nc1ccc(-c2ccc(Cc3ccc(OCC(OO)C(C)CC)cc3)cc2)cc1. The molecule has 0 aliphatic heterocycles. The van der Waals surface area contributed by atoms with Crippen molar-refractivity contribution < 1.29 is 14.9 Å². The second-order valence-electron chi connectivity index (χ2n) is 7.56. The van der Waals surface area contributed by atoms with Crippen molar-refractivity contribution in [3.63, 3.8) is 0 Å². The van der Waals surface area contributed by atoms with E-state index in [0.717, 1.165) is 29.8 Å². The van der Waals surface area contributed by atoms with E-state index < -0.39 is 0 Å². The van der Waals surface area contributed by atoms with Crippen molar-refractivity contribution in [1.29, 1.82) is 0 Å². The van der Waals surface area contributed by atoms with Gasteiger partial charge >= 0.3 is 0 Å². The summed E-state index contributed by atoms with van der Waals surface area (Å²) >= 11 is 0. The van der Waals surface area contributed by atoms with E-state index in [4.69, 9.17) is 9.99 Å². The van der Waals surface area contributed by atoms with Crippen LogP contribution in [-0.4, -0.2) is 24.7 Å². The number of ether oxygens (including phenoxy) is 1. The van der Waals surface area contributed by atoms with Crippen LogP contribution in [0.4, 0.5) is 5.69 Å². The van der Waals surface area contributed by atoms with Crippen LogP contribution in [0, 0.1) is 5.92 Å². The summed E-state index contributed by atoms with van der Waals surface area (Å²) < 4.78 is 5.77. The molecule has 4 heteroatoms. The average Bonchev–Trinajstić information content (AvgIpc) is 2.81. The molecule has 156 valence electrons. The lowest BCUT2D eigenvalue weighted by atomic mass is 10.00. The summed E-state index contributed by atoms with van der Waals surface area (Å²) in [6, 6.07) is 24.7. The molecule has 3 rings (SSSR count). The highest BCUT2D eigenvalue weighted by Crippen LogP contribution is 2.24. The Balaban J connectivity index is 1.57. The second-order valence-corrected chi connectivity index (χ2v) is 7.56. The van der Waals surface area contributed by atoms with Crippen molar-refractivity contribution >= 4 is 12.4 Å². The minimum atomic E-state index is -0.322. The Labute approximate surface area is 178 Å². The van der Waals surface area contributed by atoms with Crippen LogP contribution in [0.5, 0.6) is 5.75 Å². The van der Waals surface area contributed by atoms with Crippen LogP contribution in [0.25, 0.3) is 11.1 Å². The molecule has 0 fully saturated rings. The van der Waals surface area contributed by atoms with E-state index in [1.165, 1.54) is 16.7 Å². The van der Waals surface area contributed by atoms with Crippen molar-refractivity contribution in [2.75, 3.05) is 6.61 Å². The molecule has 0 spiro atoms. The summed E-state index contributed by atoms with van der Waals surface area (Å²) in [6.07, 6.45) is 1.45. The van der Waals surface area contributed by atoms with E-state index in [1.54, 1.807) is 0 Å². The van der Waals surface area contributed by atoms with E-state index in [-0.39, 0.29) is 12.0 Å². The first-order valence-corrected chi connectivity index (χ1v) is 10.3. The van der Waals surface area contributed by atoms with Gasteiger partial charge in [-0.2, -0.15) is 0 Å². The van der Waals surface area contributed by atoms with Gasteiger partial charge in [-0.3, -0.25) is 10.2 Å². The minimum Gasteiger partial charge on any atom is -0.491 e. The summed E-state index contributed by atoms with van der Waals surface area (Å²) in [5, 5.41) is 9.04. The van der Waals surface area contributed by atoms with E-state index in [2.05, 4.69) is 72.1 Å². The fraction of sp³-hybridized carbons (Fsp3) is 0.269. The van der Waals surface area contributed by atoms with E-state index in [9.17, 15) is 0 Å². The van der Waals surface area contributed by atoms with Crippen molar-refractivity contribution in [3.05, 3.63) is 83.9 Å². The molecule has 2 unspecified atom stereocenters. The van der Waals surface area contributed by atoms with Gasteiger partial charge in [0.1, 0.15) is 18.5 Å². The first-order chi connectivity index (χ1) is 14.6. The summed E-state index contributed by atoms with van der Waals surface area (Å²) in [7, 11) is 0. The molecule has 30 heavy (non-hydrogen) atoms.